The molecule has 0 amide bonds. The molecule has 0 fully saturated rings. The van der Waals surface area contributed by atoms with E-state index in [1.165, 1.54) is 18.2 Å². The predicted molar refractivity (Wildman–Crippen MR) is 69.9 cm³/mol. The van der Waals surface area contributed by atoms with Crippen LogP contribution in [-0.4, -0.2) is 20.8 Å². The van der Waals surface area contributed by atoms with Crippen LogP contribution in [0.15, 0.2) is 24.3 Å². The van der Waals surface area contributed by atoms with Gasteiger partial charge in [-0.1, -0.05) is 19.9 Å². The van der Waals surface area contributed by atoms with E-state index in [4.69, 9.17) is 15.4 Å². The quantitative estimate of drug-likeness (QED) is 0.757. The Kier molecular flexibility index (Phi) is 5.41. The van der Waals surface area contributed by atoms with Gasteiger partial charge in [0.1, 0.15) is 11.6 Å². The zero-order valence-corrected chi connectivity index (χ0v) is 11.8. The fourth-order valence-electron chi connectivity index (χ4n) is 1.45. The van der Waals surface area contributed by atoms with Crippen molar-refractivity contribution in [3.63, 3.8) is 0 Å². The van der Waals surface area contributed by atoms with Crippen LogP contribution in [-0.2, 0) is 9.05 Å². The summed E-state index contributed by atoms with van der Waals surface area (Å²) in [5, 5.41) is 0. The van der Waals surface area contributed by atoms with Crippen molar-refractivity contribution in [2.45, 2.75) is 13.8 Å². The van der Waals surface area contributed by atoms with E-state index in [9.17, 15) is 12.8 Å². The van der Waals surface area contributed by atoms with Crippen LogP contribution in [0.2, 0.25) is 0 Å². The van der Waals surface area contributed by atoms with Crippen molar-refractivity contribution in [2.24, 2.45) is 11.8 Å². The number of ether oxygens (including phenoxy) is 1. The van der Waals surface area contributed by atoms with Gasteiger partial charge in [-0.15, -0.1) is 0 Å². The van der Waals surface area contributed by atoms with Crippen molar-refractivity contribution in [3.8, 4) is 5.75 Å². The molecule has 6 heteroatoms. The second kappa shape index (κ2) is 6.38. The average Bonchev–Trinajstić information content (AvgIpc) is 2.22. The highest BCUT2D eigenvalue weighted by molar-refractivity contribution is 8.13. The number of hydrogen-bond acceptors (Lipinski definition) is 3. The first-order chi connectivity index (χ1) is 8.28. The van der Waals surface area contributed by atoms with Crippen molar-refractivity contribution in [3.05, 3.63) is 30.1 Å². The van der Waals surface area contributed by atoms with Crippen LogP contribution in [0.1, 0.15) is 13.8 Å². The predicted octanol–water partition coefficient (Wildman–Crippen LogP) is 3.05. The molecule has 102 valence electrons. The van der Waals surface area contributed by atoms with Crippen LogP contribution in [0, 0.1) is 17.7 Å². The molecule has 0 spiro atoms. The van der Waals surface area contributed by atoms with Crippen LogP contribution in [0.25, 0.3) is 0 Å². The Balaban J connectivity index is 2.63. The first kappa shape index (κ1) is 15.2. The molecule has 1 atom stereocenters. The summed E-state index contributed by atoms with van der Waals surface area (Å²) in [6.07, 6.45) is 0. The van der Waals surface area contributed by atoms with Crippen molar-refractivity contribution in [1.82, 2.24) is 0 Å². The topological polar surface area (TPSA) is 43.4 Å². The molecule has 1 aromatic carbocycles. The van der Waals surface area contributed by atoms with Crippen LogP contribution in [0.4, 0.5) is 4.39 Å². The van der Waals surface area contributed by atoms with Gasteiger partial charge in [0, 0.05) is 22.7 Å². The first-order valence-electron chi connectivity index (χ1n) is 5.58. The summed E-state index contributed by atoms with van der Waals surface area (Å²) in [5.41, 5.74) is 0. The molecule has 0 aromatic heterocycles. The van der Waals surface area contributed by atoms with Crippen molar-refractivity contribution in [2.75, 3.05) is 12.4 Å². The summed E-state index contributed by atoms with van der Waals surface area (Å²) in [6.45, 7) is 3.97. The maximum absolute atomic E-state index is 12.9. The van der Waals surface area contributed by atoms with Crippen molar-refractivity contribution >= 4 is 19.7 Å². The lowest BCUT2D eigenvalue weighted by Crippen LogP contribution is -2.24. The molecule has 1 aromatic rings. The Labute approximate surface area is 111 Å². The van der Waals surface area contributed by atoms with Gasteiger partial charge < -0.3 is 4.74 Å². The fourth-order valence-corrected chi connectivity index (χ4v) is 2.93. The molecule has 18 heavy (non-hydrogen) atoms. The SMILES string of the molecule is CC(C)C(COc1cccc(F)c1)CS(=O)(=O)Cl. The first-order valence-corrected chi connectivity index (χ1v) is 8.06. The van der Waals surface area contributed by atoms with Gasteiger partial charge in [0.2, 0.25) is 9.05 Å². The lowest BCUT2D eigenvalue weighted by atomic mass is 9.99. The Morgan fingerprint density at radius 1 is 1.39 bits per heavy atom. The van der Waals surface area contributed by atoms with Crippen molar-refractivity contribution < 1.29 is 17.5 Å². The van der Waals surface area contributed by atoms with Crippen molar-refractivity contribution in [1.29, 1.82) is 0 Å². The van der Waals surface area contributed by atoms with Gasteiger partial charge >= 0.3 is 0 Å². The zero-order chi connectivity index (χ0) is 13.8. The molecule has 0 N–H and O–H groups in total. The normalized spacial score (nSPS) is 13.6. The lowest BCUT2D eigenvalue weighted by Gasteiger charge is -2.19. The molecule has 0 saturated heterocycles. The summed E-state index contributed by atoms with van der Waals surface area (Å²) in [7, 11) is 1.67. The number of halogens is 2. The minimum atomic E-state index is -3.56. The maximum atomic E-state index is 12.9. The maximum Gasteiger partial charge on any atom is 0.233 e. The van der Waals surface area contributed by atoms with Gasteiger partial charge in [-0.05, 0) is 18.1 Å². The highest BCUT2D eigenvalue weighted by Crippen LogP contribution is 2.19. The summed E-state index contributed by atoms with van der Waals surface area (Å²) in [4.78, 5) is 0. The Hall–Kier alpha value is -0.810. The van der Waals surface area contributed by atoms with Gasteiger partial charge in [0.25, 0.3) is 0 Å². The van der Waals surface area contributed by atoms with E-state index >= 15 is 0 Å². The Morgan fingerprint density at radius 2 is 2.06 bits per heavy atom. The summed E-state index contributed by atoms with van der Waals surface area (Å²) >= 11 is 0. The second-order valence-electron chi connectivity index (χ2n) is 4.48. The molecule has 0 radical (unpaired) electrons. The minimum Gasteiger partial charge on any atom is -0.493 e. The lowest BCUT2D eigenvalue weighted by molar-refractivity contribution is 0.224. The number of rotatable bonds is 6. The van der Waals surface area contributed by atoms with E-state index < -0.39 is 14.9 Å². The van der Waals surface area contributed by atoms with Crippen LogP contribution < -0.4 is 4.74 Å². The third kappa shape index (κ3) is 5.69. The van der Waals surface area contributed by atoms with E-state index in [-0.39, 0.29) is 24.2 Å². The highest BCUT2D eigenvalue weighted by Gasteiger charge is 2.21. The van der Waals surface area contributed by atoms with E-state index in [0.29, 0.717) is 5.75 Å². The molecule has 1 unspecified atom stereocenters. The van der Waals surface area contributed by atoms with Crippen LogP contribution >= 0.6 is 10.7 Å². The van der Waals surface area contributed by atoms with E-state index in [1.807, 2.05) is 13.8 Å². The van der Waals surface area contributed by atoms with E-state index in [1.54, 1.807) is 6.07 Å². The Morgan fingerprint density at radius 3 is 2.56 bits per heavy atom. The molecule has 0 aliphatic rings. The molecule has 0 aliphatic heterocycles. The summed E-state index contributed by atoms with van der Waals surface area (Å²) in [6, 6.07) is 5.73. The third-order valence-corrected chi connectivity index (χ3v) is 3.82. The molecule has 0 bridgehead atoms. The average molecular weight is 295 g/mol. The highest BCUT2D eigenvalue weighted by atomic mass is 35.7. The van der Waals surface area contributed by atoms with Gasteiger partial charge in [0.05, 0.1) is 12.4 Å². The summed E-state index contributed by atoms with van der Waals surface area (Å²) in [5.74, 6) is -0.282. The molecule has 3 nitrogen and oxygen atoms in total. The van der Waals surface area contributed by atoms with Gasteiger partial charge in [-0.3, -0.25) is 0 Å². The van der Waals surface area contributed by atoms with E-state index in [2.05, 4.69) is 0 Å². The minimum absolute atomic E-state index is 0.104. The standard InChI is InChI=1S/C12H16ClFO3S/c1-9(2)10(8-18(13,15)16)7-17-12-5-3-4-11(14)6-12/h3-6,9-10H,7-8H2,1-2H3. The fraction of sp³-hybridized carbons (Fsp3) is 0.500. The molecule has 1 rings (SSSR count). The number of benzene rings is 1. The largest absolute Gasteiger partial charge is 0.493 e. The van der Waals surface area contributed by atoms with E-state index in [0.717, 1.165) is 0 Å². The molecular weight excluding hydrogens is 279 g/mol. The molecule has 0 saturated carbocycles. The monoisotopic (exact) mass is 294 g/mol. The van der Waals surface area contributed by atoms with Gasteiger partial charge in [0.15, 0.2) is 0 Å². The molecule has 0 heterocycles. The Bertz CT molecular complexity index is 488. The third-order valence-electron chi connectivity index (χ3n) is 2.62. The van der Waals surface area contributed by atoms with Gasteiger partial charge in [-0.25, -0.2) is 12.8 Å². The van der Waals surface area contributed by atoms with Gasteiger partial charge in [-0.2, -0.15) is 0 Å². The van der Waals surface area contributed by atoms with Crippen LogP contribution in [0.3, 0.4) is 0 Å². The molecule has 0 aliphatic carbocycles. The number of hydrogen-bond donors (Lipinski definition) is 0. The molecular formula is C12H16ClFO3S. The second-order valence-corrected chi connectivity index (χ2v) is 7.30. The van der Waals surface area contributed by atoms with Crippen LogP contribution in [0.5, 0.6) is 5.75 Å². The summed E-state index contributed by atoms with van der Waals surface area (Å²) < 4.78 is 40.4. The zero-order valence-electron chi connectivity index (χ0n) is 10.3. The smallest absolute Gasteiger partial charge is 0.233 e.